The number of carbonyl (C=O) groups is 1. The minimum absolute atomic E-state index is 0.124. The zero-order chi connectivity index (χ0) is 13.5. The van der Waals surface area contributed by atoms with Crippen LogP contribution in [0.4, 0.5) is 0 Å². The van der Waals surface area contributed by atoms with Gasteiger partial charge in [-0.15, -0.1) is 0 Å². The molecule has 1 heterocycles. The molecule has 1 amide bonds. The van der Waals surface area contributed by atoms with Gasteiger partial charge in [-0.2, -0.15) is 5.10 Å². The van der Waals surface area contributed by atoms with Gasteiger partial charge in [0.25, 0.3) is 0 Å². The molecule has 0 saturated heterocycles. The van der Waals surface area contributed by atoms with Crippen LogP contribution in [0.15, 0.2) is 24.3 Å². The van der Waals surface area contributed by atoms with Crippen molar-refractivity contribution in [1.82, 2.24) is 20.1 Å². The lowest BCUT2D eigenvalue weighted by molar-refractivity contribution is -0.121. The van der Waals surface area contributed by atoms with E-state index < -0.39 is 0 Å². The zero-order valence-corrected chi connectivity index (χ0v) is 11.5. The molecule has 1 N–H and O–H groups in total. The third-order valence-electron chi connectivity index (χ3n) is 3.52. The van der Waals surface area contributed by atoms with Gasteiger partial charge in [-0.05, 0) is 39.0 Å². The van der Waals surface area contributed by atoms with Crippen LogP contribution in [0.1, 0.15) is 45.4 Å². The number of carbonyl (C=O) groups excluding carboxylic acids is 1. The van der Waals surface area contributed by atoms with Crippen LogP contribution in [0.3, 0.4) is 0 Å². The molecule has 5 nitrogen and oxygen atoms in total. The van der Waals surface area contributed by atoms with Crippen LogP contribution in [0.2, 0.25) is 0 Å². The zero-order valence-electron chi connectivity index (χ0n) is 11.5. The van der Waals surface area contributed by atoms with Gasteiger partial charge in [-0.25, -0.2) is 4.98 Å². The Bertz CT molecular complexity index is 425. The normalized spacial score (nSPS) is 16.8. The fraction of sp³-hybridized carbons (Fsp3) is 0.643. The molecule has 2 rings (SSSR count). The minimum atomic E-state index is 0.124. The Hall–Kier alpha value is -1.65. The number of hydrogen-bond donors (Lipinski definition) is 1. The molecule has 1 atom stereocenters. The van der Waals surface area contributed by atoms with Crippen LogP contribution in [0, 0.1) is 0 Å². The van der Waals surface area contributed by atoms with Crippen LogP contribution >= 0.6 is 0 Å². The first-order chi connectivity index (χ1) is 9.25. The number of aromatic nitrogens is 3. The van der Waals surface area contributed by atoms with Gasteiger partial charge in [-0.3, -0.25) is 9.48 Å². The van der Waals surface area contributed by atoms with Gasteiger partial charge in [-0.1, -0.05) is 11.6 Å². The second-order valence-electron chi connectivity index (χ2n) is 5.08. The standard InChI is InChI=1S/C14H22N4O/c1-12(13-6-3-2-4-7-13)17-14(19)8-5-9-18-11-15-10-16-18/h6,10-12H,2-5,7-9H2,1H3,(H,17,19). The second kappa shape index (κ2) is 7.07. The van der Waals surface area contributed by atoms with Gasteiger partial charge in [0.2, 0.25) is 5.91 Å². The number of allylic oxidation sites excluding steroid dienone is 1. The summed E-state index contributed by atoms with van der Waals surface area (Å²) in [4.78, 5) is 15.7. The molecule has 1 aliphatic rings. The molecule has 1 unspecified atom stereocenters. The molecular formula is C14H22N4O. The summed E-state index contributed by atoms with van der Waals surface area (Å²) < 4.78 is 1.75. The molecule has 104 valence electrons. The number of hydrogen-bond acceptors (Lipinski definition) is 3. The highest BCUT2D eigenvalue weighted by molar-refractivity contribution is 5.76. The molecule has 0 bridgehead atoms. The molecule has 0 radical (unpaired) electrons. The molecule has 1 aliphatic carbocycles. The number of rotatable bonds is 6. The lowest BCUT2D eigenvalue weighted by Gasteiger charge is -2.20. The lowest BCUT2D eigenvalue weighted by atomic mass is 9.94. The van der Waals surface area contributed by atoms with Gasteiger partial charge >= 0.3 is 0 Å². The highest BCUT2D eigenvalue weighted by atomic mass is 16.1. The third-order valence-corrected chi connectivity index (χ3v) is 3.52. The summed E-state index contributed by atoms with van der Waals surface area (Å²) in [6, 6.07) is 0.180. The highest BCUT2D eigenvalue weighted by Gasteiger charge is 2.13. The topological polar surface area (TPSA) is 59.8 Å². The molecule has 5 heteroatoms. The monoisotopic (exact) mass is 262 g/mol. The second-order valence-corrected chi connectivity index (χ2v) is 5.08. The Morgan fingerprint density at radius 2 is 2.42 bits per heavy atom. The van der Waals surface area contributed by atoms with E-state index in [4.69, 9.17) is 0 Å². The van der Waals surface area contributed by atoms with Gasteiger partial charge in [0, 0.05) is 19.0 Å². The first-order valence-electron chi connectivity index (χ1n) is 7.06. The van der Waals surface area contributed by atoms with Crippen LogP contribution in [0.25, 0.3) is 0 Å². The first-order valence-corrected chi connectivity index (χ1v) is 7.06. The fourth-order valence-corrected chi connectivity index (χ4v) is 2.41. The Labute approximate surface area is 114 Å². The van der Waals surface area contributed by atoms with Crippen molar-refractivity contribution in [3.8, 4) is 0 Å². The molecule has 0 spiro atoms. The molecule has 19 heavy (non-hydrogen) atoms. The molecule has 0 saturated carbocycles. The largest absolute Gasteiger partial charge is 0.350 e. The maximum Gasteiger partial charge on any atom is 0.220 e. The predicted molar refractivity (Wildman–Crippen MR) is 73.4 cm³/mol. The Morgan fingerprint density at radius 1 is 1.53 bits per heavy atom. The van der Waals surface area contributed by atoms with Gasteiger partial charge < -0.3 is 5.32 Å². The average molecular weight is 262 g/mol. The van der Waals surface area contributed by atoms with E-state index in [0.717, 1.165) is 25.8 Å². The Morgan fingerprint density at radius 3 is 3.11 bits per heavy atom. The number of amides is 1. The minimum Gasteiger partial charge on any atom is -0.350 e. The van der Waals surface area contributed by atoms with E-state index in [1.165, 1.54) is 24.7 Å². The van der Waals surface area contributed by atoms with E-state index in [-0.39, 0.29) is 11.9 Å². The van der Waals surface area contributed by atoms with Crippen LogP contribution in [-0.2, 0) is 11.3 Å². The van der Waals surface area contributed by atoms with E-state index in [2.05, 4.69) is 28.4 Å². The fourth-order valence-electron chi connectivity index (χ4n) is 2.41. The first kappa shape index (κ1) is 13.8. The van der Waals surface area contributed by atoms with Gasteiger partial charge in [0.05, 0.1) is 0 Å². The number of aryl methyl sites for hydroxylation is 1. The van der Waals surface area contributed by atoms with Crippen molar-refractivity contribution in [2.45, 2.75) is 58.0 Å². The van der Waals surface area contributed by atoms with E-state index >= 15 is 0 Å². The predicted octanol–water partition coefficient (Wildman–Crippen LogP) is 2.06. The summed E-state index contributed by atoms with van der Waals surface area (Å²) in [5, 5.41) is 7.09. The molecule has 0 aromatic carbocycles. The van der Waals surface area contributed by atoms with Crippen molar-refractivity contribution in [3.63, 3.8) is 0 Å². The molecule has 0 fully saturated rings. The maximum absolute atomic E-state index is 11.8. The van der Waals surface area contributed by atoms with Crippen LogP contribution in [0.5, 0.6) is 0 Å². The molecular weight excluding hydrogens is 240 g/mol. The number of nitrogens with one attached hydrogen (secondary N) is 1. The van der Waals surface area contributed by atoms with Crippen LogP contribution in [-0.4, -0.2) is 26.7 Å². The van der Waals surface area contributed by atoms with Crippen molar-refractivity contribution in [1.29, 1.82) is 0 Å². The summed E-state index contributed by atoms with van der Waals surface area (Å²) in [7, 11) is 0. The van der Waals surface area contributed by atoms with Crippen molar-refractivity contribution >= 4 is 5.91 Å². The molecule has 1 aromatic heterocycles. The third kappa shape index (κ3) is 4.50. The van der Waals surface area contributed by atoms with E-state index in [1.54, 1.807) is 11.0 Å². The highest BCUT2D eigenvalue weighted by Crippen LogP contribution is 2.20. The smallest absolute Gasteiger partial charge is 0.220 e. The maximum atomic E-state index is 11.8. The van der Waals surface area contributed by atoms with Gasteiger partial charge in [0.1, 0.15) is 12.7 Å². The summed E-state index contributed by atoms with van der Waals surface area (Å²) in [6.07, 6.45) is 11.6. The van der Waals surface area contributed by atoms with E-state index in [1.807, 2.05) is 0 Å². The summed E-state index contributed by atoms with van der Waals surface area (Å²) in [6.45, 7) is 2.82. The van der Waals surface area contributed by atoms with Gasteiger partial charge in [0.15, 0.2) is 0 Å². The van der Waals surface area contributed by atoms with Crippen LogP contribution < -0.4 is 5.32 Å². The van der Waals surface area contributed by atoms with Crippen molar-refractivity contribution < 1.29 is 4.79 Å². The molecule has 0 aliphatic heterocycles. The van der Waals surface area contributed by atoms with E-state index in [9.17, 15) is 4.79 Å². The molecule has 1 aromatic rings. The van der Waals surface area contributed by atoms with Crippen molar-refractivity contribution in [3.05, 3.63) is 24.3 Å². The van der Waals surface area contributed by atoms with Crippen molar-refractivity contribution in [2.24, 2.45) is 0 Å². The summed E-state index contributed by atoms with van der Waals surface area (Å²) >= 11 is 0. The SMILES string of the molecule is CC(NC(=O)CCCn1cncn1)C1=CCCCC1. The lowest BCUT2D eigenvalue weighted by Crippen LogP contribution is -2.34. The van der Waals surface area contributed by atoms with Crippen molar-refractivity contribution in [2.75, 3.05) is 0 Å². The summed E-state index contributed by atoms with van der Waals surface area (Å²) in [5.41, 5.74) is 1.39. The number of nitrogens with zero attached hydrogens (tertiary/aromatic N) is 3. The summed E-state index contributed by atoms with van der Waals surface area (Å²) in [5.74, 6) is 0.124. The van der Waals surface area contributed by atoms with E-state index in [0.29, 0.717) is 6.42 Å². The Balaban J connectivity index is 1.67. The quantitative estimate of drug-likeness (QED) is 0.798. The Kier molecular flexibility index (Phi) is 5.12. The average Bonchev–Trinajstić information content (AvgIpc) is 2.93.